The maximum Gasteiger partial charge on any atom is 0.242 e. The molecule has 1 atom stereocenters. The number of hydrogen-bond acceptors (Lipinski definition) is 4. The Morgan fingerprint density at radius 3 is 2.30 bits per heavy atom. The Morgan fingerprint density at radius 1 is 1.03 bits per heavy atom. The summed E-state index contributed by atoms with van der Waals surface area (Å²) in [4.78, 5) is 27.1. The number of hydrogen-bond donors (Lipinski definition) is 1. The van der Waals surface area contributed by atoms with E-state index >= 15 is 0 Å². The molecule has 7 nitrogen and oxygen atoms in total. The Labute approximate surface area is 197 Å². The van der Waals surface area contributed by atoms with Crippen molar-refractivity contribution in [1.29, 1.82) is 0 Å². The molecular formula is C25H35N3O4S. The van der Waals surface area contributed by atoms with Gasteiger partial charge >= 0.3 is 0 Å². The lowest BCUT2D eigenvalue weighted by atomic mass is 10.1. The highest BCUT2D eigenvalue weighted by Crippen LogP contribution is 2.24. The van der Waals surface area contributed by atoms with E-state index in [2.05, 4.69) is 5.32 Å². The lowest BCUT2D eigenvalue weighted by Crippen LogP contribution is -2.47. The van der Waals surface area contributed by atoms with E-state index in [1.807, 2.05) is 63.2 Å². The number of nitrogens with zero attached hydrogens (tertiary/aromatic N) is 2. The molecular weight excluding hydrogens is 438 g/mol. The summed E-state index contributed by atoms with van der Waals surface area (Å²) in [6.45, 7) is 7.95. The fraction of sp³-hybridized carbons (Fsp3) is 0.440. The fourth-order valence-electron chi connectivity index (χ4n) is 3.73. The Balaban J connectivity index is 2.19. The molecule has 0 spiro atoms. The summed E-state index contributed by atoms with van der Waals surface area (Å²) < 4.78 is 26.4. The SMILES string of the molecule is CNC(=O)[C@@H](C)N(Cc1ccccc1C)C(=O)CCCN(c1cc(C)ccc1C)S(C)(=O)=O. The summed E-state index contributed by atoms with van der Waals surface area (Å²) in [5.74, 6) is -0.436. The van der Waals surface area contributed by atoms with Gasteiger partial charge in [-0.3, -0.25) is 13.9 Å². The monoisotopic (exact) mass is 473 g/mol. The van der Waals surface area contributed by atoms with Gasteiger partial charge in [0.2, 0.25) is 21.8 Å². The predicted octanol–water partition coefficient (Wildman–Crippen LogP) is 3.32. The minimum absolute atomic E-state index is 0.129. The van der Waals surface area contributed by atoms with Crippen molar-refractivity contribution in [2.75, 3.05) is 24.2 Å². The summed E-state index contributed by atoms with van der Waals surface area (Å²) in [5, 5.41) is 2.61. The maximum absolute atomic E-state index is 13.2. The second-order valence-electron chi connectivity index (χ2n) is 8.47. The van der Waals surface area contributed by atoms with Gasteiger partial charge in [-0.1, -0.05) is 36.4 Å². The van der Waals surface area contributed by atoms with Gasteiger partial charge in [0.05, 0.1) is 11.9 Å². The van der Waals surface area contributed by atoms with E-state index in [-0.39, 0.29) is 24.8 Å². The fourth-order valence-corrected chi connectivity index (χ4v) is 4.75. The quantitative estimate of drug-likeness (QED) is 0.574. The standard InChI is InChI=1S/C25H35N3O4S/c1-18-13-14-20(3)23(16-18)28(33(6,31)32)15-9-12-24(29)27(21(4)25(30)26-5)17-22-11-8-7-10-19(22)2/h7-8,10-11,13-14,16,21H,9,12,15,17H2,1-6H3,(H,26,30)/t21-/m1/s1. The zero-order chi connectivity index (χ0) is 24.8. The average molecular weight is 474 g/mol. The average Bonchev–Trinajstić information content (AvgIpc) is 2.76. The van der Waals surface area contributed by atoms with Crippen LogP contribution in [0.15, 0.2) is 42.5 Å². The molecule has 0 heterocycles. The minimum atomic E-state index is -3.52. The Hall–Kier alpha value is -2.87. The summed E-state index contributed by atoms with van der Waals surface area (Å²) in [6.07, 6.45) is 1.64. The topological polar surface area (TPSA) is 86.8 Å². The first-order chi connectivity index (χ1) is 15.5. The third-order valence-electron chi connectivity index (χ3n) is 5.80. The smallest absolute Gasteiger partial charge is 0.242 e. The molecule has 33 heavy (non-hydrogen) atoms. The highest BCUT2D eigenvalue weighted by molar-refractivity contribution is 7.92. The van der Waals surface area contributed by atoms with Crippen molar-refractivity contribution < 1.29 is 18.0 Å². The number of nitrogens with one attached hydrogen (secondary N) is 1. The van der Waals surface area contributed by atoms with Crippen LogP contribution >= 0.6 is 0 Å². The van der Waals surface area contributed by atoms with Crippen LogP contribution < -0.4 is 9.62 Å². The molecule has 0 aromatic heterocycles. The first kappa shape index (κ1) is 26.4. The van der Waals surface area contributed by atoms with Gasteiger partial charge in [-0.25, -0.2) is 8.42 Å². The van der Waals surface area contributed by atoms with Gasteiger partial charge in [-0.15, -0.1) is 0 Å². The number of aryl methyl sites for hydroxylation is 3. The molecule has 0 saturated carbocycles. The molecule has 2 aromatic rings. The highest BCUT2D eigenvalue weighted by atomic mass is 32.2. The zero-order valence-electron chi connectivity index (χ0n) is 20.4. The first-order valence-corrected chi connectivity index (χ1v) is 12.9. The van der Waals surface area contributed by atoms with Crippen LogP contribution in [0.3, 0.4) is 0 Å². The number of rotatable bonds is 10. The van der Waals surface area contributed by atoms with Crippen LogP contribution in [-0.4, -0.2) is 51.0 Å². The van der Waals surface area contributed by atoms with Gasteiger partial charge in [0, 0.05) is 26.6 Å². The van der Waals surface area contributed by atoms with E-state index in [0.717, 1.165) is 22.3 Å². The summed E-state index contributed by atoms with van der Waals surface area (Å²) in [7, 11) is -1.97. The number of benzene rings is 2. The molecule has 2 amide bonds. The van der Waals surface area contributed by atoms with Crippen molar-refractivity contribution in [3.8, 4) is 0 Å². The summed E-state index contributed by atoms with van der Waals surface area (Å²) >= 11 is 0. The molecule has 180 valence electrons. The van der Waals surface area contributed by atoms with Crippen molar-refractivity contribution in [2.45, 2.75) is 53.1 Å². The van der Waals surface area contributed by atoms with Crippen molar-refractivity contribution in [1.82, 2.24) is 10.2 Å². The van der Waals surface area contributed by atoms with E-state index in [1.54, 1.807) is 18.9 Å². The van der Waals surface area contributed by atoms with E-state index in [4.69, 9.17) is 0 Å². The van der Waals surface area contributed by atoms with Gasteiger partial charge in [0.1, 0.15) is 6.04 Å². The maximum atomic E-state index is 13.2. The van der Waals surface area contributed by atoms with Gasteiger partial charge in [0.25, 0.3) is 0 Å². The lowest BCUT2D eigenvalue weighted by molar-refractivity contribution is -0.140. The molecule has 0 unspecified atom stereocenters. The number of amides is 2. The van der Waals surface area contributed by atoms with E-state index < -0.39 is 16.1 Å². The van der Waals surface area contributed by atoms with Crippen LogP contribution in [0.2, 0.25) is 0 Å². The number of likely N-dealkylation sites (N-methyl/N-ethyl adjacent to an activating group) is 1. The van der Waals surface area contributed by atoms with Crippen molar-refractivity contribution >= 4 is 27.5 Å². The number of sulfonamides is 1. The van der Waals surface area contributed by atoms with Gasteiger partial charge < -0.3 is 10.2 Å². The predicted molar refractivity (Wildman–Crippen MR) is 133 cm³/mol. The molecule has 0 saturated heterocycles. The second-order valence-corrected chi connectivity index (χ2v) is 10.4. The molecule has 0 aliphatic heterocycles. The molecule has 0 aliphatic rings. The first-order valence-electron chi connectivity index (χ1n) is 11.1. The summed E-state index contributed by atoms with van der Waals surface area (Å²) in [5.41, 5.74) is 4.45. The number of carbonyl (C=O) groups excluding carboxylic acids is 2. The molecule has 0 aliphatic carbocycles. The van der Waals surface area contributed by atoms with Gasteiger partial charge in [-0.2, -0.15) is 0 Å². The van der Waals surface area contributed by atoms with Crippen LogP contribution in [0.4, 0.5) is 5.69 Å². The largest absolute Gasteiger partial charge is 0.357 e. The minimum Gasteiger partial charge on any atom is -0.357 e. The van der Waals surface area contributed by atoms with Crippen molar-refractivity contribution in [2.24, 2.45) is 0 Å². The molecule has 0 fully saturated rings. The van der Waals surface area contributed by atoms with Crippen LogP contribution in [0, 0.1) is 20.8 Å². The molecule has 0 bridgehead atoms. The number of anilines is 1. The third kappa shape index (κ3) is 7.05. The van der Waals surface area contributed by atoms with Crippen molar-refractivity contribution in [3.63, 3.8) is 0 Å². The Morgan fingerprint density at radius 2 is 1.70 bits per heavy atom. The van der Waals surface area contributed by atoms with E-state index in [0.29, 0.717) is 18.7 Å². The molecule has 1 N–H and O–H groups in total. The van der Waals surface area contributed by atoms with Crippen LogP contribution in [0.5, 0.6) is 0 Å². The Bertz CT molecular complexity index is 1100. The molecule has 2 aromatic carbocycles. The molecule has 0 radical (unpaired) electrons. The van der Waals surface area contributed by atoms with Crippen LogP contribution in [0.1, 0.15) is 42.0 Å². The molecule has 2 rings (SSSR count). The van der Waals surface area contributed by atoms with E-state index in [1.165, 1.54) is 10.6 Å². The Kier molecular flexibility index (Phi) is 9.05. The van der Waals surface area contributed by atoms with Crippen molar-refractivity contribution in [3.05, 3.63) is 64.7 Å². The highest BCUT2D eigenvalue weighted by Gasteiger charge is 2.26. The van der Waals surface area contributed by atoms with Gasteiger partial charge in [0.15, 0.2) is 0 Å². The van der Waals surface area contributed by atoms with E-state index in [9.17, 15) is 18.0 Å². The lowest BCUT2D eigenvalue weighted by Gasteiger charge is -2.29. The van der Waals surface area contributed by atoms with Gasteiger partial charge in [-0.05, 0) is 62.4 Å². The second kappa shape index (κ2) is 11.3. The van der Waals surface area contributed by atoms with Crippen LogP contribution in [-0.2, 0) is 26.2 Å². The third-order valence-corrected chi connectivity index (χ3v) is 6.98. The molecule has 8 heteroatoms. The van der Waals surface area contributed by atoms with Crippen LogP contribution in [0.25, 0.3) is 0 Å². The summed E-state index contributed by atoms with van der Waals surface area (Å²) in [6, 6.07) is 12.8. The zero-order valence-corrected chi connectivity index (χ0v) is 21.2. The normalized spacial score (nSPS) is 12.2. The number of carbonyl (C=O) groups is 2.